The van der Waals surface area contributed by atoms with Gasteiger partial charge in [0.25, 0.3) is 5.91 Å². The zero-order valence-electron chi connectivity index (χ0n) is 12.5. The quantitative estimate of drug-likeness (QED) is 0.577. The number of rotatable bonds is 3. The highest BCUT2D eigenvalue weighted by molar-refractivity contribution is 6.00. The highest BCUT2D eigenvalue weighted by Gasteiger charge is 2.22. The van der Waals surface area contributed by atoms with Crippen LogP contribution in [0.1, 0.15) is 33.7 Å². The lowest BCUT2D eigenvalue weighted by Gasteiger charge is -2.01. The first-order valence-electron chi connectivity index (χ1n) is 7.70. The van der Waals surface area contributed by atoms with E-state index < -0.39 is 0 Å². The minimum atomic E-state index is -0.263. The highest BCUT2D eigenvalue weighted by atomic mass is 16.2. The molecule has 0 atom stereocenters. The maximum Gasteiger partial charge on any atom is 0.292 e. The maximum atomic E-state index is 12.2. The van der Waals surface area contributed by atoms with Crippen molar-refractivity contribution in [3.63, 3.8) is 0 Å². The molecule has 1 heterocycles. The zero-order valence-corrected chi connectivity index (χ0v) is 12.5. The number of carbonyl (C=O) groups excluding carboxylic acids is 1. The third kappa shape index (κ3) is 2.50. The summed E-state index contributed by atoms with van der Waals surface area (Å²) in [4.78, 5) is 12.2. The van der Waals surface area contributed by atoms with E-state index in [0.717, 1.165) is 46.9 Å². The van der Waals surface area contributed by atoms with Crippen molar-refractivity contribution < 1.29 is 4.79 Å². The number of amides is 1. The summed E-state index contributed by atoms with van der Waals surface area (Å²) < 4.78 is 0. The van der Waals surface area contributed by atoms with E-state index in [1.807, 2.05) is 30.3 Å². The van der Waals surface area contributed by atoms with Crippen molar-refractivity contribution in [1.82, 2.24) is 15.6 Å². The molecular formula is C18H16N4O. The van der Waals surface area contributed by atoms with E-state index in [4.69, 9.17) is 0 Å². The molecule has 1 amide bonds. The summed E-state index contributed by atoms with van der Waals surface area (Å²) in [6.07, 6.45) is 4.62. The third-order valence-corrected chi connectivity index (χ3v) is 4.21. The van der Waals surface area contributed by atoms with Crippen LogP contribution in [0.2, 0.25) is 0 Å². The summed E-state index contributed by atoms with van der Waals surface area (Å²) in [5.74, 6) is -0.263. The van der Waals surface area contributed by atoms with Gasteiger partial charge in [-0.2, -0.15) is 10.2 Å². The molecule has 23 heavy (non-hydrogen) atoms. The van der Waals surface area contributed by atoms with Crippen LogP contribution in [0.5, 0.6) is 0 Å². The molecule has 5 heteroatoms. The Kier molecular flexibility index (Phi) is 3.38. The fourth-order valence-electron chi connectivity index (χ4n) is 3.08. The molecule has 5 nitrogen and oxygen atoms in total. The zero-order chi connectivity index (χ0) is 15.6. The summed E-state index contributed by atoms with van der Waals surface area (Å²) in [7, 11) is 0. The van der Waals surface area contributed by atoms with Gasteiger partial charge < -0.3 is 0 Å². The average molecular weight is 304 g/mol. The van der Waals surface area contributed by atoms with Crippen molar-refractivity contribution in [3.05, 3.63) is 65.0 Å². The molecule has 0 fully saturated rings. The molecule has 2 aromatic carbocycles. The number of benzene rings is 2. The second-order valence-corrected chi connectivity index (χ2v) is 5.65. The van der Waals surface area contributed by atoms with E-state index in [1.54, 1.807) is 6.21 Å². The first-order chi connectivity index (χ1) is 11.3. The Morgan fingerprint density at radius 1 is 1.17 bits per heavy atom. The van der Waals surface area contributed by atoms with Gasteiger partial charge in [0.1, 0.15) is 0 Å². The monoisotopic (exact) mass is 304 g/mol. The molecular weight excluding hydrogens is 288 g/mol. The van der Waals surface area contributed by atoms with Gasteiger partial charge in [-0.3, -0.25) is 9.89 Å². The number of hydrogen-bond donors (Lipinski definition) is 2. The molecule has 0 saturated heterocycles. The summed E-state index contributed by atoms with van der Waals surface area (Å²) in [5, 5.41) is 13.4. The predicted molar refractivity (Wildman–Crippen MR) is 89.6 cm³/mol. The number of fused-ring (bicyclic) bond motifs is 2. The Morgan fingerprint density at radius 3 is 3.00 bits per heavy atom. The lowest BCUT2D eigenvalue weighted by molar-refractivity contribution is 0.0949. The van der Waals surface area contributed by atoms with Crippen LogP contribution in [0.4, 0.5) is 0 Å². The number of nitrogens with zero attached hydrogens (tertiary/aromatic N) is 2. The van der Waals surface area contributed by atoms with Crippen LogP contribution < -0.4 is 5.43 Å². The molecule has 0 radical (unpaired) electrons. The molecule has 0 spiro atoms. The molecule has 3 aromatic rings. The van der Waals surface area contributed by atoms with Gasteiger partial charge in [-0.1, -0.05) is 42.5 Å². The van der Waals surface area contributed by atoms with Gasteiger partial charge in [0.2, 0.25) is 0 Å². The Morgan fingerprint density at radius 2 is 2.04 bits per heavy atom. The number of hydrazone groups is 1. The Labute approximate surface area is 133 Å². The lowest BCUT2D eigenvalue weighted by Crippen LogP contribution is -2.19. The minimum absolute atomic E-state index is 0.263. The first kappa shape index (κ1) is 13.7. The van der Waals surface area contributed by atoms with Crippen molar-refractivity contribution in [1.29, 1.82) is 0 Å². The van der Waals surface area contributed by atoms with Crippen LogP contribution in [0.3, 0.4) is 0 Å². The molecule has 0 aliphatic heterocycles. The number of aromatic nitrogens is 2. The number of aryl methyl sites for hydroxylation is 1. The van der Waals surface area contributed by atoms with Gasteiger partial charge >= 0.3 is 0 Å². The molecule has 1 aromatic heterocycles. The molecule has 4 rings (SSSR count). The molecule has 0 saturated carbocycles. The van der Waals surface area contributed by atoms with Gasteiger partial charge in [0.15, 0.2) is 5.69 Å². The highest BCUT2D eigenvalue weighted by Crippen LogP contribution is 2.22. The van der Waals surface area contributed by atoms with Crippen molar-refractivity contribution in [2.45, 2.75) is 19.3 Å². The van der Waals surface area contributed by atoms with E-state index in [0.29, 0.717) is 5.69 Å². The van der Waals surface area contributed by atoms with Crippen molar-refractivity contribution in [2.75, 3.05) is 0 Å². The predicted octanol–water partition coefficient (Wildman–Crippen LogP) is 2.82. The fourth-order valence-corrected chi connectivity index (χ4v) is 3.08. The van der Waals surface area contributed by atoms with Gasteiger partial charge in [0.05, 0.1) is 6.21 Å². The second kappa shape index (κ2) is 5.68. The fraction of sp³-hybridized carbons (Fsp3) is 0.167. The van der Waals surface area contributed by atoms with Crippen molar-refractivity contribution in [2.24, 2.45) is 5.10 Å². The first-order valence-corrected chi connectivity index (χ1v) is 7.70. The van der Waals surface area contributed by atoms with Crippen molar-refractivity contribution in [3.8, 4) is 0 Å². The largest absolute Gasteiger partial charge is 0.292 e. The van der Waals surface area contributed by atoms with E-state index >= 15 is 0 Å². The van der Waals surface area contributed by atoms with E-state index in [-0.39, 0.29) is 5.91 Å². The van der Waals surface area contributed by atoms with Gasteiger partial charge in [-0.05, 0) is 30.0 Å². The molecule has 1 aliphatic rings. The van der Waals surface area contributed by atoms with Gasteiger partial charge in [-0.15, -0.1) is 0 Å². The molecule has 2 N–H and O–H groups in total. The normalized spacial score (nSPS) is 13.6. The molecule has 0 bridgehead atoms. The standard InChI is InChI=1S/C18H16N4O/c23-18(17-15-9-4-10-16(15)20-21-17)22-19-11-13-7-3-6-12-5-1-2-8-14(12)13/h1-3,5-8,11H,4,9-10H2,(H,20,21)(H,22,23)/b19-11+. The van der Waals surface area contributed by atoms with Crippen LogP contribution in [0, 0.1) is 0 Å². The summed E-state index contributed by atoms with van der Waals surface area (Å²) in [6.45, 7) is 0. The van der Waals surface area contributed by atoms with Gasteiger partial charge in [0, 0.05) is 16.8 Å². The smallest absolute Gasteiger partial charge is 0.281 e. The Bertz CT molecular complexity index is 905. The number of hydrogen-bond acceptors (Lipinski definition) is 3. The van der Waals surface area contributed by atoms with Crippen LogP contribution in [-0.2, 0) is 12.8 Å². The summed E-state index contributed by atoms with van der Waals surface area (Å²) >= 11 is 0. The van der Waals surface area contributed by atoms with Gasteiger partial charge in [-0.25, -0.2) is 5.43 Å². The number of nitrogens with one attached hydrogen (secondary N) is 2. The number of H-pyrrole nitrogens is 1. The van der Waals surface area contributed by atoms with E-state index in [1.165, 1.54) is 0 Å². The summed E-state index contributed by atoms with van der Waals surface area (Å²) in [6, 6.07) is 14.1. The Balaban J connectivity index is 1.54. The van der Waals surface area contributed by atoms with Crippen LogP contribution in [0.15, 0.2) is 47.6 Å². The molecule has 114 valence electrons. The van der Waals surface area contributed by atoms with Crippen molar-refractivity contribution >= 4 is 22.9 Å². The second-order valence-electron chi connectivity index (χ2n) is 5.65. The molecule has 1 aliphatic carbocycles. The third-order valence-electron chi connectivity index (χ3n) is 4.21. The van der Waals surface area contributed by atoms with E-state index in [2.05, 4.69) is 32.9 Å². The van der Waals surface area contributed by atoms with Crippen LogP contribution in [0.25, 0.3) is 10.8 Å². The maximum absolute atomic E-state index is 12.2. The summed E-state index contributed by atoms with van der Waals surface area (Å²) in [5.41, 5.74) is 6.12. The minimum Gasteiger partial charge on any atom is -0.281 e. The van der Waals surface area contributed by atoms with Crippen LogP contribution in [-0.4, -0.2) is 22.3 Å². The average Bonchev–Trinajstić information content (AvgIpc) is 3.18. The number of aromatic amines is 1. The SMILES string of the molecule is O=C(N/N=C/c1cccc2ccccc12)c1n[nH]c2c1CCC2. The number of carbonyl (C=O) groups is 1. The van der Waals surface area contributed by atoms with Crippen LogP contribution >= 0.6 is 0 Å². The van der Waals surface area contributed by atoms with E-state index in [9.17, 15) is 4.79 Å². The Hall–Kier alpha value is -2.95. The lowest BCUT2D eigenvalue weighted by atomic mass is 10.1. The molecule has 0 unspecified atom stereocenters. The topological polar surface area (TPSA) is 70.1 Å².